The van der Waals surface area contributed by atoms with Gasteiger partial charge in [-0.25, -0.2) is 37.9 Å². The normalized spacial score (nSPS) is 35.0. The molecule has 10 nitrogen and oxygen atoms in total. The molecular weight excluding hydrogens is 582 g/mol. The fourth-order valence-corrected chi connectivity index (χ4v) is 11.2. The average Bonchev–Trinajstić information content (AvgIpc) is 2.84. The van der Waals surface area contributed by atoms with Crippen LogP contribution in [0.25, 0.3) is 0 Å². The molecule has 3 aliphatic rings. The Morgan fingerprint density at radius 1 is 0.674 bits per heavy atom. The van der Waals surface area contributed by atoms with E-state index < -0.39 is 27.9 Å². The summed E-state index contributed by atoms with van der Waals surface area (Å²) >= 11 is 0. The minimum atomic E-state index is -0.601. The van der Waals surface area contributed by atoms with Crippen LogP contribution in [-0.2, 0) is 29.2 Å². The van der Waals surface area contributed by atoms with Crippen LogP contribution in [0.5, 0.6) is 0 Å². The SMILES string of the molecule is CC1CC(C)(C)CC(C)(Cn2c(=O)n(CC3(C)CC(N=C=O)CC(C)(C)C3)c(=O)n(CC3(C)CC(OC#N)CC(C)(C)C3)c2=O)C1. The number of ether oxygens (including phenoxy) is 1. The molecular formula is C36H57N5O5. The summed E-state index contributed by atoms with van der Waals surface area (Å²) in [6.45, 7) is 22.0. The zero-order chi connectivity index (χ0) is 34.5. The van der Waals surface area contributed by atoms with E-state index in [1.807, 2.05) is 20.1 Å². The molecule has 0 aromatic carbocycles. The molecule has 0 bridgehead atoms. The van der Waals surface area contributed by atoms with Crippen LogP contribution in [-0.4, -0.2) is 31.9 Å². The molecule has 0 spiro atoms. The van der Waals surface area contributed by atoms with Gasteiger partial charge in [-0.3, -0.25) is 0 Å². The standard InChI is InChI=1S/C36H57N5O5/c1-25-11-31(2,3)17-34(8,12-25)20-39-28(43)40(21-35(9)14-26(38-24-42)13-32(4,5)18-35)30(45)41(29(39)44)22-36(10)16-27(46-23-37)15-33(6,7)19-36/h25-27H,11-22H2,1-10H3. The second kappa shape index (κ2) is 12.3. The number of aliphatic imine (C=N–C) groups is 1. The first kappa shape index (κ1) is 35.9. The maximum absolute atomic E-state index is 14.4. The smallest absolute Gasteiger partial charge is 0.336 e. The van der Waals surface area contributed by atoms with Gasteiger partial charge in [0, 0.05) is 19.6 Å². The van der Waals surface area contributed by atoms with E-state index in [1.54, 1.807) is 6.08 Å². The van der Waals surface area contributed by atoms with Crippen LogP contribution in [0.1, 0.15) is 127 Å². The van der Waals surface area contributed by atoms with E-state index in [-0.39, 0.29) is 53.4 Å². The number of aromatic nitrogens is 3. The number of isocyanates is 1. The third kappa shape index (κ3) is 8.13. The van der Waals surface area contributed by atoms with Gasteiger partial charge in [0.25, 0.3) is 6.26 Å². The maximum atomic E-state index is 14.4. The summed E-state index contributed by atoms with van der Waals surface area (Å²) in [5.41, 5.74) is -3.32. The predicted octanol–water partition coefficient (Wildman–Crippen LogP) is 6.03. The Labute approximate surface area is 274 Å². The average molecular weight is 640 g/mol. The van der Waals surface area contributed by atoms with Gasteiger partial charge in [-0.1, -0.05) is 69.2 Å². The quantitative estimate of drug-likeness (QED) is 0.194. The second-order valence-corrected chi connectivity index (χ2v) is 19.1. The van der Waals surface area contributed by atoms with Gasteiger partial charge in [0.05, 0.1) is 6.04 Å². The van der Waals surface area contributed by atoms with Crippen molar-refractivity contribution < 1.29 is 9.53 Å². The lowest BCUT2D eigenvalue weighted by atomic mass is 9.61. The molecule has 0 radical (unpaired) electrons. The van der Waals surface area contributed by atoms with Gasteiger partial charge >= 0.3 is 17.1 Å². The van der Waals surface area contributed by atoms with E-state index in [4.69, 9.17) is 4.74 Å². The minimum absolute atomic E-state index is 0.0652. The minimum Gasteiger partial charge on any atom is -0.424 e. The van der Waals surface area contributed by atoms with Crippen molar-refractivity contribution in [1.82, 2.24) is 13.7 Å². The monoisotopic (exact) mass is 639 g/mol. The molecule has 0 amide bonds. The van der Waals surface area contributed by atoms with Crippen molar-refractivity contribution in [3.8, 4) is 6.26 Å². The molecule has 0 saturated heterocycles. The van der Waals surface area contributed by atoms with Gasteiger partial charge in [-0.15, -0.1) is 0 Å². The Balaban J connectivity index is 1.86. The van der Waals surface area contributed by atoms with Crippen LogP contribution in [0, 0.1) is 49.9 Å². The van der Waals surface area contributed by atoms with E-state index in [1.165, 1.54) is 13.7 Å². The van der Waals surface area contributed by atoms with Crippen molar-refractivity contribution in [2.45, 2.75) is 159 Å². The van der Waals surface area contributed by atoms with Crippen LogP contribution < -0.4 is 17.1 Å². The number of nitriles is 1. The third-order valence-electron chi connectivity index (χ3n) is 10.9. The molecule has 0 N–H and O–H groups in total. The zero-order valence-corrected chi connectivity index (χ0v) is 30.0. The van der Waals surface area contributed by atoms with E-state index in [9.17, 15) is 24.4 Å². The summed E-state index contributed by atoms with van der Waals surface area (Å²) in [5.74, 6) is 0.441. The number of carbonyl (C=O) groups excluding carboxylic acids is 1. The Kier molecular flexibility index (Phi) is 9.58. The first-order valence-electron chi connectivity index (χ1n) is 17.1. The number of nitrogens with zero attached hydrogens (tertiary/aromatic N) is 5. The van der Waals surface area contributed by atoms with Crippen LogP contribution in [0.3, 0.4) is 0 Å². The second-order valence-electron chi connectivity index (χ2n) is 19.1. The van der Waals surface area contributed by atoms with E-state index >= 15 is 0 Å². The molecule has 10 heteroatoms. The molecule has 3 saturated carbocycles. The van der Waals surface area contributed by atoms with Crippen molar-refractivity contribution >= 4 is 6.08 Å². The third-order valence-corrected chi connectivity index (χ3v) is 10.9. The van der Waals surface area contributed by atoms with E-state index in [2.05, 4.69) is 60.4 Å². The van der Waals surface area contributed by atoms with Crippen molar-refractivity contribution in [2.75, 3.05) is 0 Å². The Morgan fingerprint density at radius 3 is 1.52 bits per heavy atom. The Morgan fingerprint density at radius 2 is 1.09 bits per heavy atom. The highest BCUT2D eigenvalue weighted by Crippen LogP contribution is 2.50. The largest absolute Gasteiger partial charge is 0.424 e. The van der Waals surface area contributed by atoms with Crippen LogP contribution in [0.15, 0.2) is 19.4 Å². The zero-order valence-electron chi connectivity index (χ0n) is 30.0. The fourth-order valence-electron chi connectivity index (χ4n) is 11.2. The van der Waals surface area contributed by atoms with Gasteiger partial charge < -0.3 is 4.74 Å². The lowest BCUT2D eigenvalue weighted by Crippen LogP contribution is -2.59. The van der Waals surface area contributed by atoms with Crippen molar-refractivity contribution in [2.24, 2.45) is 43.4 Å². The van der Waals surface area contributed by atoms with E-state index in [0.29, 0.717) is 25.2 Å². The van der Waals surface area contributed by atoms with Crippen LogP contribution in [0.4, 0.5) is 0 Å². The topological polar surface area (TPSA) is 128 Å². The van der Waals surface area contributed by atoms with Gasteiger partial charge in [0.2, 0.25) is 6.08 Å². The maximum Gasteiger partial charge on any atom is 0.336 e. The molecule has 4 rings (SSSR count). The first-order valence-corrected chi connectivity index (χ1v) is 17.1. The van der Waals surface area contributed by atoms with Gasteiger partial charge in [-0.2, -0.15) is 5.26 Å². The molecule has 3 fully saturated rings. The highest BCUT2D eigenvalue weighted by Gasteiger charge is 2.46. The highest BCUT2D eigenvalue weighted by atomic mass is 16.5. The summed E-state index contributed by atoms with van der Waals surface area (Å²) in [5, 5.41) is 9.30. The van der Waals surface area contributed by atoms with Gasteiger partial charge in [-0.05, 0) is 96.2 Å². The van der Waals surface area contributed by atoms with Crippen molar-refractivity contribution in [1.29, 1.82) is 5.26 Å². The van der Waals surface area contributed by atoms with Crippen LogP contribution >= 0.6 is 0 Å². The molecule has 0 aliphatic heterocycles. The van der Waals surface area contributed by atoms with Crippen molar-refractivity contribution in [3.05, 3.63) is 31.5 Å². The molecule has 6 unspecified atom stereocenters. The number of hydrogen-bond donors (Lipinski definition) is 0. The summed E-state index contributed by atoms with van der Waals surface area (Å²) in [6.07, 6.45) is 10.0. The molecule has 1 aromatic rings. The number of rotatable bonds is 8. The first-order chi connectivity index (χ1) is 21.0. The predicted molar refractivity (Wildman–Crippen MR) is 178 cm³/mol. The summed E-state index contributed by atoms with van der Waals surface area (Å²) in [6, 6.07) is -0.250. The molecule has 1 aromatic heterocycles. The summed E-state index contributed by atoms with van der Waals surface area (Å²) in [7, 11) is 0. The lowest BCUT2D eigenvalue weighted by molar-refractivity contribution is -0.0206. The summed E-state index contributed by atoms with van der Waals surface area (Å²) < 4.78 is 9.32. The highest BCUT2D eigenvalue weighted by molar-refractivity contribution is 5.33. The molecule has 46 heavy (non-hydrogen) atoms. The lowest BCUT2D eigenvalue weighted by Gasteiger charge is -2.47. The fraction of sp³-hybridized carbons (Fsp3) is 0.861. The summed E-state index contributed by atoms with van der Waals surface area (Å²) in [4.78, 5) is 58.5. The van der Waals surface area contributed by atoms with Gasteiger partial charge in [0.1, 0.15) is 6.10 Å². The molecule has 3 aliphatic carbocycles. The van der Waals surface area contributed by atoms with Gasteiger partial charge in [0.15, 0.2) is 0 Å². The molecule has 6 atom stereocenters. The Bertz CT molecular complexity index is 1590. The number of hydrogen-bond acceptors (Lipinski definition) is 7. The molecule has 256 valence electrons. The van der Waals surface area contributed by atoms with E-state index in [0.717, 1.165) is 38.5 Å². The molecule has 1 heterocycles. The van der Waals surface area contributed by atoms with Crippen LogP contribution in [0.2, 0.25) is 0 Å². The van der Waals surface area contributed by atoms with Crippen molar-refractivity contribution in [3.63, 3.8) is 0 Å². The Hall–Kier alpha value is -2.92.